The van der Waals surface area contributed by atoms with Crippen LogP contribution in [0.25, 0.3) is 0 Å². The number of nitrogens with zero attached hydrogens (tertiary/aromatic N) is 2. The Kier molecular flexibility index (Phi) is 4.50. The Bertz CT molecular complexity index is 715. The predicted octanol–water partition coefficient (Wildman–Crippen LogP) is 3.60. The fourth-order valence-electron chi connectivity index (χ4n) is 2.67. The van der Waals surface area contributed by atoms with Gasteiger partial charge in [0.05, 0.1) is 5.69 Å². The van der Waals surface area contributed by atoms with Crippen LogP contribution in [0.5, 0.6) is 0 Å². The van der Waals surface area contributed by atoms with E-state index in [4.69, 9.17) is 0 Å². The fourth-order valence-corrected chi connectivity index (χ4v) is 2.67. The van der Waals surface area contributed by atoms with Crippen LogP contribution in [0.3, 0.4) is 0 Å². The minimum absolute atomic E-state index is 0.0680. The number of hydrogen-bond donors (Lipinski definition) is 1. The van der Waals surface area contributed by atoms with Gasteiger partial charge in [0, 0.05) is 31.0 Å². The van der Waals surface area contributed by atoms with Gasteiger partial charge >= 0.3 is 0 Å². The molecule has 0 spiro atoms. The number of amides is 1. The molecule has 2 heterocycles. The molecule has 0 atom stereocenters. The number of rotatable bonds is 3. The standard InChI is InChI=1S/C17H17F2N3O/c18-12-4-5-15(14(19)10-12)21-17(23)16-11-13(6-7-20-16)22-8-2-1-3-9-22/h4-7,10-11H,1-3,8-9H2,(H,21,23). The van der Waals surface area contributed by atoms with Crippen LogP contribution >= 0.6 is 0 Å². The number of carbonyl (C=O) groups is 1. The highest BCUT2D eigenvalue weighted by Crippen LogP contribution is 2.21. The second kappa shape index (κ2) is 6.73. The van der Waals surface area contributed by atoms with Crippen molar-refractivity contribution < 1.29 is 13.6 Å². The first-order chi connectivity index (χ1) is 11.1. The van der Waals surface area contributed by atoms with E-state index >= 15 is 0 Å². The van der Waals surface area contributed by atoms with Gasteiger partial charge in [-0.3, -0.25) is 9.78 Å². The molecule has 2 aromatic rings. The van der Waals surface area contributed by atoms with Crippen molar-refractivity contribution in [2.45, 2.75) is 19.3 Å². The summed E-state index contributed by atoms with van der Waals surface area (Å²) in [7, 11) is 0. The van der Waals surface area contributed by atoms with Crippen molar-refractivity contribution >= 4 is 17.3 Å². The lowest BCUT2D eigenvalue weighted by Gasteiger charge is -2.28. The molecule has 1 amide bonds. The molecule has 1 fully saturated rings. The minimum Gasteiger partial charge on any atom is -0.371 e. The Morgan fingerprint density at radius 2 is 1.87 bits per heavy atom. The van der Waals surface area contributed by atoms with E-state index in [1.54, 1.807) is 12.3 Å². The summed E-state index contributed by atoms with van der Waals surface area (Å²) in [4.78, 5) is 18.5. The monoisotopic (exact) mass is 317 g/mol. The number of benzene rings is 1. The molecule has 1 aliphatic heterocycles. The van der Waals surface area contributed by atoms with Gasteiger partial charge in [0.25, 0.3) is 5.91 Å². The summed E-state index contributed by atoms with van der Waals surface area (Å²) in [6, 6.07) is 6.57. The third-order valence-electron chi connectivity index (χ3n) is 3.88. The van der Waals surface area contributed by atoms with Crippen molar-refractivity contribution in [3.63, 3.8) is 0 Å². The van der Waals surface area contributed by atoms with Crippen molar-refractivity contribution in [3.05, 3.63) is 53.9 Å². The van der Waals surface area contributed by atoms with Gasteiger partial charge in [-0.25, -0.2) is 8.78 Å². The number of hydrogen-bond acceptors (Lipinski definition) is 3. The van der Waals surface area contributed by atoms with E-state index in [0.29, 0.717) is 0 Å². The van der Waals surface area contributed by atoms with Crippen LogP contribution in [0.2, 0.25) is 0 Å². The predicted molar refractivity (Wildman–Crippen MR) is 84.6 cm³/mol. The maximum absolute atomic E-state index is 13.6. The van der Waals surface area contributed by atoms with E-state index in [9.17, 15) is 13.6 Å². The molecule has 1 aromatic heterocycles. The average Bonchev–Trinajstić information content (AvgIpc) is 2.58. The van der Waals surface area contributed by atoms with E-state index in [1.807, 2.05) is 6.07 Å². The van der Waals surface area contributed by atoms with Crippen LogP contribution in [-0.4, -0.2) is 24.0 Å². The summed E-state index contributed by atoms with van der Waals surface area (Å²) in [5.74, 6) is -2.02. The van der Waals surface area contributed by atoms with Gasteiger partial charge in [0.1, 0.15) is 17.3 Å². The van der Waals surface area contributed by atoms with E-state index in [2.05, 4.69) is 15.2 Å². The molecular weight excluding hydrogens is 300 g/mol. The Morgan fingerprint density at radius 1 is 1.09 bits per heavy atom. The third-order valence-corrected chi connectivity index (χ3v) is 3.88. The van der Waals surface area contributed by atoms with Crippen molar-refractivity contribution in [2.75, 3.05) is 23.3 Å². The van der Waals surface area contributed by atoms with E-state index in [-0.39, 0.29) is 11.4 Å². The number of piperidine rings is 1. The van der Waals surface area contributed by atoms with Gasteiger partial charge in [-0.1, -0.05) is 0 Å². The van der Waals surface area contributed by atoms with Crippen molar-refractivity contribution in [1.29, 1.82) is 0 Å². The summed E-state index contributed by atoms with van der Waals surface area (Å²) in [5.41, 5.74) is 1.07. The quantitative estimate of drug-likeness (QED) is 0.941. The van der Waals surface area contributed by atoms with Gasteiger partial charge in [0.2, 0.25) is 0 Å². The lowest BCUT2D eigenvalue weighted by molar-refractivity contribution is 0.102. The van der Waals surface area contributed by atoms with Crippen LogP contribution in [-0.2, 0) is 0 Å². The van der Waals surface area contributed by atoms with Crippen LogP contribution in [0, 0.1) is 11.6 Å². The summed E-state index contributed by atoms with van der Waals surface area (Å²) in [5, 5.41) is 2.42. The summed E-state index contributed by atoms with van der Waals surface area (Å²) < 4.78 is 26.5. The highest BCUT2D eigenvalue weighted by Gasteiger charge is 2.15. The van der Waals surface area contributed by atoms with Gasteiger partial charge in [0.15, 0.2) is 0 Å². The number of anilines is 2. The van der Waals surface area contributed by atoms with E-state index in [0.717, 1.165) is 43.8 Å². The smallest absolute Gasteiger partial charge is 0.274 e. The SMILES string of the molecule is O=C(Nc1ccc(F)cc1F)c1cc(N2CCCCC2)ccn1. The first kappa shape index (κ1) is 15.4. The van der Waals surface area contributed by atoms with Crippen molar-refractivity contribution in [2.24, 2.45) is 0 Å². The number of halogens is 2. The summed E-state index contributed by atoms with van der Waals surface area (Å²) >= 11 is 0. The summed E-state index contributed by atoms with van der Waals surface area (Å²) in [6.07, 6.45) is 5.05. The number of carbonyl (C=O) groups excluding carboxylic acids is 1. The molecule has 1 aliphatic rings. The van der Waals surface area contributed by atoms with Crippen LogP contribution in [0.4, 0.5) is 20.2 Å². The Morgan fingerprint density at radius 3 is 2.61 bits per heavy atom. The Hall–Kier alpha value is -2.50. The molecule has 0 radical (unpaired) electrons. The van der Waals surface area contributed by atoms with Crippen LogP contribution in [0.15, 0.2) is 36.5 Å². The molecule has 1 aromatic carbocycles. The maximum Gasteiger partial charge on any atom is 0.274 e. The zero-order chi connectivity index (χ0) is 16.2. The Balaban J connectivity index is 1.76. The molecule has 1 N–H and O–H groups in total. The first-order valence-corrected chi connectivity index (χ1v) is 7.61. The molecule has 23 heavy (non-hydrogen) atoms. The second-order valence-corrected chi connectivity index (χ2v) is 5.53. The van der Waals surface area contributed by atoms with Crippen molar-refractivity contribution in [1.82, 2.24) is 4.98 Å². The molecular formula is C17H17F2N3O. The van der Waals surface area contributed by atoms with Gasteiger partial charge in [-0.05, 0) is 43.5 Å². The lowest BCUT2D eigenvalue weighted by atomic mass is 10.1. The summed E-state index contributed by atoms with van der Waals surface area (Å²) in [6.45, 7) is 1.91. The van der Waals surface area contributed by atoms with Crippen molar-refractivity contribution in [3.8, 4) is 0 Å². The third kappa shape index (κ3) is 3.64. The zero-order valence-electron chi connectivity index (χ0n) is 12.6. The van der Waals surface area contributed by atoms with Gasteiger partial charge in [-0.15, -0.1) is 0 Å². The molecule has 0 unspecified atom stereocenters. The van der Waals surface area contributed by atoms with E-state index in [1.165, 1.54) is 12.5 Å². The number of aromatic nitrogens is 1. The minimum atomic E-state index is -0.814. The van der Waals surface area contributed by atoms with Gasteiger partial charge in [-0.2, -0.15) is 0 Å². The molecule has 0 aliphatic carbocycles. The Labute approximate surface area is 133 Å². The second-order valence-electron chi connectivity index (χ2n) is 5.53. The molecule has 4 nitrogen and oxygen atoms in total. The molecule has 120 valence electrons. The largest absolute Gasteiger partial charge is 0.371 e. The first-order valence-electron chi connectivity index (χ1n) is 7.61. The maximum atomic E-state index is 13.6. The average molecular weight is 317 g/mol. The normalized spacial score (nSPS) is 14.6. The zero-order valence-corrected chi connectivity index (χ0v) is 12.6. The number of nitrogens with one attached hydrogen (secondary N) is 1. The van der Waals surface area contributed by atoms with E-state index < -0.39 is 17.5 Å². The topological polar surface area (TPSA) is 45.2 Å². The lowest BCUT2D eigenvalue weighted by Crippen LogP contribution is -2.29. The molecule has 0 bridgehead atoms. The van der Waals surface area contributed by atoms with Crippen LogP contribution in [0.1, 0.15) is 29.8 Å². The van der Waals surface area contributed by atoms with Gasteiger partial charge < -0.3 is 10.2 Å². The number of pyridine rings is 1. The highest BCUT2D eigenvalue weighted by molar-refractivity contribution is 6.03. The molecule has 1 saturated heterocycles. The molecule has 3 rings (SSSR count). The highest BCUT2D eigenvalue weighted by atomic mass is 19.1. The molecule has 6 heteroatoms. The van der Waals surface area contributed by atoms with Crippen LogP contribution < -0.4 is 10.2 Å². The fraction of sp³-hybridized carbons (Fsp3) is 0.294. The molecule has 0 saturated carbocycles.